The van der Waals surface area contributed by atoms with Gasteiger partial charge in [-0.05, 0) is 101 Å². The molecule has 0 radical (unpaired) electrons. The number of hydrogen-bond donors (Lipinski definition) is 0. The molecule has 0 N–H and O–H groups in total. The molecule has 228 valence electrons. The average Bonchev–Trinajstić information content (AvgIpc) is 3.98. The number of hydrogen-bond acceptors (Lipinski definition) is 1. The number of para-hydroxylation sites is 1. The molecular weight excluding hydrogens is 593 g/mol. The fraction of sp³-hybridized carbons (Fsp3) is 0. The van der Waals surface area contributed by atoms with Gasteiger partial charge in [-0.3, -0.25) is 0 Å². The standard InChI is InChI=1S/C48H30O/c1-2-13-31(14-3-1)36-18-6-7-20-39(36)48-41-22-9-8-21-40(41)47(34-26-28-46-43(30-34)38-19-10-11-24-45(38)49-46)44-29-33(25-27-42(44)48)37-23-12-16-32-15-4-5-17-35(32)37/h1-30H/i1D,2D,3D,4D,5D,6D,7D,8D,9D,10D,11D,12D,13D,14D,15D,16D,17D,18D,19D,20D,21D,22D,23D,24D,26D,27D,28D,29D,30D. The van der Waals surface area contributed by atoms with E-state index in [1.54, 1.807) is 0 Å². The number of benzene rings is 9. The van der Waals surface area contributed by atoms with Gasteiger partial charge in [-0.2, -0.15) is 0 Å². The van der Waals surface area contributed by atoms with Crippen molar-refractivity contribution in [3.8, 4) is 44.5 Å². The predicted octanol–water partition coefficient (Wildman–Crippen LogP) is 13.7. The lowest BCUT2D eigenvalue weighted by molar-refractivity contribution is 0.669. The van der Waals surface area contributed by atoms with E-state index in [1.165, 1.54) is 0 Å². The Hall–Kier alpha value is -6.44. The maximum absolute atomic E-state index is 10.3. The van der Waals surface area contributed by atoms with Gasteiger partial charge < -0.3 is 4.42 Å². The third kappa shape index (κ3) is 4.40. The van der Waals surface area contributed by atoms with E-state index in [9.17, 15) is 13.7 Å². The van der Waals surface area contributed by atoms with Crippen molar-refractivity contribution in [2.75, 3.05) is 0 Å². The summed E-state index contributed by atoms with van der Waals surface area (Å²) >= 11 is 0. The average molecular weight is 652 g/mol. The van der Waals surface area contributed by atoms with E-state index in [-0.39, 0.29) is 0 Å². The highest BCUT2D eigenvalue weighted by Gasteiger charge is 2.20. The Kier molecular flexibility index (Phi) is 2.56. The summed E-state index contributed by atoms with van der Waals surface area (Å²) in [6.07, 6.45) is 0. The molecule has 0 bridgehead atoms. The second-order valence-electron chi connectivity index (χ2n) is 10.6. The summed E-state index contributed by atoms with van der Waals surface area (Å²) in [5.41, 5.74) is -7.54. The largest absolute Gasteiger partial charge is 0.456 e. The highest BCUT2D eigenvalue weighted by molar-refractivity contribution is 6.24. The monoisotopic (exact) mass is 651 g/mol. The van der Waals surface area contributed by atoms with Gasteiger partial charge in [-0.1, -0.05) is 157 Å². The quantitative estimate of drug-likeness (QED) is 0.173. The van der Waals surface area contributed by atoms with Crippen molar-refractivity contribution in [3.63, 3.8) is 0 Å². The highest BCUT2D eigenvalue weighted by Crippen LogP contribution is 2.48. The molecule has 0 saturated heterocycles. The summed E-state index contributed by atoms with van der Waals surface area (Å²) in [6.45, 7) is 0. The Labute approximate surface area is 325 Å². The van der Waals surface area contributed by atoms with Gasteiger partial charge in [-0.15, -0.1) is 0 Å². The van der Waals surface area contributed by atoms with Gasteiger partial charge in [0.05, 0.1) is 39.8 Å². The highest BCUT2D eigenvalue weighted by atomic mass is 16.3. The summed E-state index contributed by atoms with van der Waals surface area (Å²) in [5, 5.41) is -5.42. The minimum absolute atomic E-state index is 0.489. The van der Waals surface area contributed by atoms with Gasteiger partial charge in [0.25, 0.3) is 0 Å². The first-order valence-corrected chi connectivity index (χ1v) is 14.5. The van der Waals surface area contributed by atoms with E-state index in [1.807, 2.05) is 0 Å². The Morgan fingerprint density at radius 3 is 1.78 bits per heavy atom. The topological polar surface area (TPSA) is 13.1 Å². The summed E-state index contributed by atoms with van der Waals surface area (Å²) in [7, 11) is 0. The van der Waals surface area contributed by atoms with Crippen LogP contribution in [0.15, 0.2) is 186 Å². The van der Waals surface area contributed by atoms with E-state index in [2.05, 4.69) is 0 Å². The van der Waals surface area contributed by atoms with Crippen LogP contribution in [0.2, 0.25) is 0 Å². The van der Waals surface area contributed by atoms with Gasteiger partial charge in [0, 0.05) is 10.8 Å². The fourth-order valence-electron chi connectivity index (χ4n) is 5.91. The second kappa shape index (κ2) is 11.1. The molecule has 49 heavy (non-hydrogen) atoms. The summed E-state index contributed by atoms with van der Waals surface area (Å²) in [5.74, 6) is 0. The minimum atomic E-state index is -1.09. The van der Waals surface area contributed by atoms with Crippen LogP contribution in [0, 0.1) is 0 Å². The molecule has 1 heteroatoms. The molecular formula is C48H30O. The first-order chi connectivity index (χ1) is 36.4. The first-order valence-electron chi connectivity index (χ1n) is 29.0. The van der Waals surface area contributed by atoms with Crippen molar-refractivity contribution in [3.05, 3.63) is 181 Å². The smallest absolute Gasteiger partial charge is 0.135 e. The lowest BCUT2D eigenvalue weighted by Crippen LogP contribution is -1.93. The number of rotatable bonds is 4. The molecule has 9 aromatic carbocycles. The van der Waals surface area contributed by atoms with Crippen LogP contribution in [0.1, 0.15) is 39.8 Å². The van der Waals surface area contributed by atoms with Crippen molar-refractivity contribution in [1.29, 1.82) is 0 Å². The van der Waals surface area contributed by atoms with Gasteiger partial charge >= 0.3 is 0 Å². The molecule has 1 aromatic heterocycles. The SMILES string of the molecule is [2H]c1c([2H])c([2H])c(-c2c([2H])c([2H])c([2H])c([2H])c2-c2c3c([2H])cc(-c4c([2H])c([2H])c([2H])c5c([2H])c([2H])c([2H])c([2H])c45)c([2H])c3c(-c3c([2H])c([2H])c4oc5c([2H])c([2H])c([2H])c([2H])c5c4c3[2H])c3c([2H])c([2H])c([2H])c([2H])c23)c([2H])c1[2H]. The molecule has 10 rings (SSSR count). The normalized spacial score (nSPS) is 20.0. The van der Waals surface area contributed by atoms with E-state index >= 15 is 0 Å². The van der Waals surface area contributed by atoms with Crippen molar-refractivity contribution < 1.29 is 44.2 Å². The Balaban J connectivity index is 1.60. The molecule has 0 saturated carbocycles. The van der Waals surface area contributed by atoms with Crippen LogP contribution in [-0.2, 0) is 0 Å². The molecule has 0 fully saturated rings. The van der Waals surface area contributed by atoms with Crippen LogP contribution in [0.5, 0.6) is 0 Å². The van der Waals surface area contributed by atoms with E-state index < -0.39 is 274 Å². The first kappa shape index (κ1) is 11.3. The summed E-state index contributed by atoms with van der Waals surface area (Å²) < 4.78 is 268. The van der Waals surface area contributed by atoms with Crippen molar-refractivity contribution in [1.82, 2.24) is 0 Å². The van der Waals surface area contributed by atoms with E-state index in [0.717, 1.165) is 6.07 Å². The van der Waals surface area contributed by atoms with Crippen molar-refractivity contribution in [2.24, 2.45) is 0 Å². The zero-order valence-corrected chi connectivity index (χ0v) is 24.5. The van der Waals surface area contributed by atoms with Gasteiger partial charge in [-0.25, -0.2) is 0 Å². The molecule has 10 aromatic rings. The maximum Gasteiger partial charge on any atom is 0.135 e. The molecule has 0 spiro atoms. The van der Waals surface area contributed by atoms with Crippen LogP contribution in [0.25, 0.3) is 98.8 Å². The molecule has 0 aliphatic heterocycles. The Morgan fingerprint density at radius 2 is 0.918 bits per heavy atom. The second-order valence-corrected chi connectivity index (χ2v) is 10.6. The van der Waals surface area contributed by atoms with Crippen molar-refractivity contribution in [2.45, 2.75) is 0 Å². The van der Waals surface area contributed by atoms with E-state index in [0.29, 0.717) is 0 Å². The third-order valence-corrected chi connectivity index (χ3v) is 7.96. The van der Waals surface area contributed by atoms with Crippen molar-refractivity contribution >= 4 is 54.3 Å². The minimum Gasteiger partial charge on any atom is -0.456 e. The summed E-state index contributed by atoms with van der Waals surface area (Å²) in [6, 6.07) is -26.7. The fourth-order valence-corrected chi connectivity index (χ4v) is 5.91. The van der Waals surface area contributed by atoms with Crippen LogP contribution >= 0.6 is 0 Å². The predicted molar refractivity (Wildman–Crippen MR) is 208 cm³/mol. The van der Waals surface area contributed by atoms with Crippen LogP contribution in [0.4, 0.5) is 0 Å². The number of fused-ring (bicyclic) bond motifs is 6. The zero-order chi connectivity index (χ0) is 57.5. The lowest BCUT2D eigenvalue weighted by atomic mass is 9.82. The Morgan fingerprint density at radius 1 is 0.327 bits per heavy atom. The van der Waals surface area contributed by atoms with Gasteiger partial charge in [0.15, 0.2) is 0 Å². The van der Waals surface area contributed by atoms with Gasteiger partial charge in [0.2, 0.25) is 0 Å². The maximum atomic E-state index is 10.3. The van der Waals surface area contributed by atoms with Gasteiger partial charge in [0.1, 0.15) is 11.2 Å². The molecule has 0 aliphatic carbocycles. The molecule has 0 amide bonds. The molecule has 0 atom stereocenters. The number of furan rings is 1. The van der Waals surface area contributed by atoms with Crippen LogP contribution < -0.4 is 0 Å². The molecule has 0 aliphatic rings. The summed E-state index contributed by atoms with van der Waals surface area (Å²) in [4.78, 5) is 0. The zero-order valence-electron chi connectivity index (χ0n) is 53.5. The molecule has 0 unspecified atom stereocenters. The lowest BCUT2D eigenvalue weighted by Gasteiger charge is -2.20. The van der Waals surface area contributed by atoms with E-state index in [4.69, 9.17) is 30.5 Å². The van der Waals surface area contributed by atoms with Crippen LogP contribution in [-0.4, -0.2) is 0 Å². The third-order valence-electron chi connectivity index (χ3n) is 7.96. The molecule has 1 nitrogen and oxygen atoms in total. The molecule has 1 heterocycles. The van der Waals surface area contributed by atoms with Crippen LogP contribution in [0.3, 0.4) is 0 Å². The Bertz CT molecular complexity index is 4500.